The summed E-state index contributed by atoms with van der Waals surface area (Å²) in [6.45, 7) is 6.85. The molecule has 0 fully saturated rings. The Balaban J connectivity index is 1.49. The maximum Gasteiger partial charge on any atom is 0.330 e. The van der Waals surface area contributed by atoms with Gasteiger partial charge in [-0.15, -0.1) is 0 Å². The van der Waals surface area contributed by atoms with Crippen molar-refractivity contribution in [3.63, 3.8) is 0 Å². The normalized spacial score (nSPS) is 11.0. The quantitative estimate of drug-likeness (QED) is 0.0875. The second kappa shape index (κ2) is 18.4. The van der Waals surface area contributed by atoms with Crippen molar-refractivity contribution < 1.29 is 14.3 Å². The van der Waals surface area contributed by atoms with Crippen LogP contribution >= 0.6 is 0 Å². The predicted octanol–water partition coefficient (Wildman–Crippen LogP) is 9.06. The van der Waals surface area contributed by atoms with Gasteiger partial charge < -0.3 is 9.47 Å². The number of azo groups is 1. The number of aryl methyl sites for hydroxylation is 1. The van der Waals surface area contributed by atoms with Gasteiger partial charge in [-0.05, 0) is 67.6 Å². The average Bonchev–Trinajstić information content (AvgIpc) is 2.90. The number of unbranched alkanes of at least 4 members (excludes halogenated alkanes) is 9. The third-order valence-corrected chi connectivity index (χ3v) is 5.84. The topological polar surface area (TPSA) is 60.2 Å². The van der Waals surface area contributed by atoms with Crippen LogP contribution in [-0.2, 0) is 16.0 Å². The number of hydrogen-bond donors (Lipinski definition) is 0. The van der Waals surface area contributed by atoms with E-state index < -0.39 is 0 Å². The lowest BCUT2D eigenvalue weighted by molar-refractivity contribution is -0.137. The molecule has 35 heavy (non-hydrogen) atoms. The first-order chi connectivity index (χ1) is 17.2. The van der Waals surface area contributed by atoms with Gasteiger partial charge in [0, 0.05) is 6.08 Å². The molecule has 0 amide bonds. The molecular formula is C30H42N2O3. The molecule has 0 N–H and O–H groups in total. The molecule has 0 aliphatic rings. The molecule has 190 valence electrons. The highest BCUT2D eigenvalue weighted by Crippen LogP contribution is 2.22. The van der Waals surface area contributed by atoms with Gasteiger partial charge >= 0.3 is 5.97 Å². The summed E-state index contributed by atoms with van der Waals surface area (Å²) < 4.78 is 10.8. The summed E-state index contributed by atoms with van der Waals surface area (Å²) >= 11 is 0. The van der Waals surface area contributed by atoms with Crippen LogP contribution < -0.4 is 4.74 Å². The Morgan fingerprint density at radius 3 is 1.80 bits per heavy atom. The first-order valence-corrected chi connectivity index (χ1v) is 13.2. The summed E-state index contributed by atoms with van der Waals surface area (Å²) in [5.41, 5.74) is 3.05. The van der Waals surface area contributed by atoms with Gasteiger partial charge in [0.25, 0.3) is 0 Å². The molecule has 0 aliphatic carbocycles. The van der Waals surface area contributed by atoms with Crippen molar-refractivity contribution in [2.45, 2.75) is 84.0 Å². The molecule has 0 atom stereocenters. The molecule has 0 aliphatic heterocycles. The fourth-order valence-electron chi connectivity index (χ4n) is 3.70. The van der Waals surface area contributed by atoms with E-state index in [2.05, 4.69) is 35.9 Å². The zero-order valence-electron chi connectivity index (χ0n) is 21.4. The number of rotatable bonds is 19. The Morgan fingerprint density at radius 1 is 0.743 bits per heavy atom. The van der Waals surface area contributed by atoms with Gasteiger partial charge in [0.15, 0.2) is 0 Å². The van der Waals surface area contributed by atoms with E-state index in [0.717, 1.165) is 49.4 Å². The summed E-state index contributed by atoms with van der Waals surface area (Å²) in [4.78, 5) is 10.9. The Bertz CT molecular complexity index is 860. The molecular weight excluding hydrogens is 436 g/mol. The van der Waals surface area contributed by atoms with Crippen LogP contribution in [0.25, 0.3) is 0 Å². The SMILES string of the molecule is C=CC(=O)OCCCCCCCCCCCOc1ccc(/N=N/c2ccc(CCCC)cc2)cc1. The molecule has 0 aromatic heterocycles. The fourth-order valence-corrected chi connectivity index (χ4v) is 3.70. The van der Waals surface area contributed by atoms with Gasteiger partial charge in [0.05, 0.1) is 24.6 Å². The molecule has 5 heteroatoms. The van der Waals surface area contributed by atoms with Crippen molar-refractivity contribution in [2.24, 2.45) is 10.2 Å². The van der Waals surface area contributed by atoms with Crippen molar-refractivity contribution in [2.75, 3.05) is 13.2 Å². The molecule has 0 saturated heterocycles. The Morgan fingerprint density at radius 2 is 1.26 bits per heavy atom. The lowest BCUT2D eigenvalue weighted by atomic mass is 10.1. The zero-order chi connectivity index (χ0) is 25.0. The highest BCUT2D eigenvalue weighted by atomic mass is 16.5. The molecule has 5 nitrogen and oxygen atoms in total. The van der Waals surface area contributed by atoms with Crippen LogP contribution in [0, 0.1) is 0 Å². The highest BCUT2D eigenvalue weighted by Gasteiger charge is 1.98. The minimum Gasteiger partial charge on any atom is -0.494 e. The Hall–Kier alpha value is -2.95. The van der Waals surface area contributed by atoms with E-state index in [4.69, 9.17) is 9.47 Å². The molecule has 0 saturated carbocycles. The van der Waals surface area contributed by atoms with Crippen LogP contribution in [0.2, 0.25) is 0 Å². The van der Waals surface area contributed by atoms with Crippen molar-refractivity contribution in [3.8, 4) is 5.75 Å². The summed E-state index contributed by atoms with van der Waals surface area (Å²) in [5.74, 6) is 0.551. The molecule has 0 unspecified atom stereocenters. The zero-order valence-corrected chi connectivity index (χ0v) is 21.4. The van der Waals surface area contributed by atoms with E-state index >= 15 is 0 Å². The first-order valence-electron chi connectivity index (χ1n) is 13.2. The summed E-state index contributed by atoms with van der Waals surface area (Å²) in [5, 5.41) is 8.67. The number of esters is 1. The van der Waals surface area contributed by atoms with Gasteiger partial charge in [0.2, 0.25) is 0 Å². The van der Waals surface area contributed by atoms with Crippen molar-refractivity contribution >= 4 is 17.3 Å². The maximum absolute atomic E-state index is 10.9. The third-order valence-electron chi connectivity index (χ3n) is 5.84. The number of carbonyl (C=O) groups is 1. The second-order valence-electron chi connectivity index (χ2n) is 8.87. The molecule has 2 rings (SSSR count). The van der Waals surface area contributed by atoms with E-state index in [1.807, 2.05) is 36.4 Å². The number of benzene rings is 2. The summed E-state index contributed by atoms with van der Waals surface area (Å²) in [6, 6.07) is 16.1. The van der Waals surface area contributed by atoms with E-state index in [-0.39, 0.29) is 5.97 Å². The van der Waals surface area contributed by atoms with Crippen LogP contribution in [-0.4, -0.2) is 19.2 Å². The minimum atomic E-state index is -0.327. The molecule has 2 aromatic carbocycles. The lowest BCUT2D eigenvalue weighted by Gasteiger charge is -2.06. The molecule has 2 aromatic rings. The molecule has 0 radical (unpaired) electrons. The first kappa shape index (κ1) is 28.3. The second-order valence-corrected chi connectivity index (χ2v) is 8.87. The summed E-state index contributed by atoms with van der Waals surface area (Å²) in [7, 11) is 0. The largest absolute Gasteiger partial charge is 0.494 e. The van der Waals surface area contributed by atoms with Gasteiger partial charge in [-0.2, -0.15) is 10.2 Å². The van der Waals surface area contributed by atoms with E-state index in [1.54, 1.807) is 0 Å². The standard InChI is InChI=1S/C30H42N2O3/c1-3-5-15-26-16-18-27(19-17-26)31-32-28-20-22-29(23-21-28)34-24-13-11-9-7-6-8-10-12-14-25-35-30(33)4-2/h4,16-23H,2-3,5-15,24-25H2,1H3/b32-31+. The van der Waals surface area contributed by atoms with Crippen LogP contribution in [0.15, 0.2) is 71.4 Å². The van der Waals surface area contributed by atoms with Crippen molar-refractivity contribution in [1.29, 1.82) is 0 Å². The Labute approximate surface area is 211 Å². The van der Waals surface area contributed by atoms with Gasteiger partial charge in [-0.1, -0.05) is 77.0 Å². The van der Waals surface area contributed by atoms with E-state index in [0.29, 0.717) is 6.61 Å². The minimum absolute atomic E-state index is 0.327. The number of ether oxygens (including phenoxy) is 2. The molecule has 0 bridgehead atoms. The number of nitrogens with zero attached hydrogens (tertiary/aromatic N) is 2. The van der Waals surface area contributed by atoms with Crippen LogP contribution in [0.1, 0.15) is 83.1 Å². The van der Waals surface area contributed by atoms with Crippen molar-refractivity contribution in [3.05, 3.63) is 66.7 Å². The monoisotopic (exact) mass is 478 g/mol. The van der Waals surface area contributed by atoms with E-state index in [9.17, 15) is 4.79 Å². The lowest BCUT2D eigenvalue weighted by Crippen LogP contribution is -2.01. The predicted molar refractivity (Wildman–Crippen MR) is 144 cm³/mol. The Kier molecular flexibility index (Phi) is 14.9. The fraction of sp³-hybridized carbons (Fsp3) is 0.500. The average molecular weight is 479 g/mol. The van der Waals surface area contributed by atoms with Crippen LogP contribution in [0.3, 0.4) is 0 Å². The van der Waals surface area contributed by atoms with Crippen molar-refractivity contribution in [1.82, 2.24) is 0 Å². The van der Waals surface area contributed by atoms with Crippen LogP contribution in [0.5, 0.6) is 5.75 Å². The number of hydrogen-bond acceptors (Lipinski definition) is 5. The molecule has 0 spiro atoms. The third kappa shape index (κ3) is 13.5. The van der Waals surface area contributed by atoms with Gasteiger partial charge in [-0.3, -0.25) is 0 Å². The smallest absolute Gasteiger partial charge is 0.330 e. The highest BCUT2D eigenvalue weighted by molar-refractivity contribution is 5.81. The van der Waals surface area contributed by atoms with E-state index in [1.165, 1.54) is 63.0 Å². The van der Waals surface area contributed by atoms with Gasteiger partial charge in [-0.25, -0.2) is 4.79 Å². The van der Waals surface area contributed by atoms with Gasteiger partial charge in [0.1, 0.15) is 5.75 Å². The molecule has 0 heterocycles. The summed E-state index contributed by atoms with van der Waals surface area (Å²) in [6.07, 6.45) is 15.3. The number of carbonyl (C=O) groups excluding carboxylic acids is 1. The maximum atomic E-state index is 10.9. The van der Waals surface area contributed by atoms with Crippen LogP contribution in [0.4, 0.5) is 11.4 Å².